The third-order valence-corrected chi connectivity index (χ3v) is 3.72. The van der Waals surface area contributed by atoms with Crippen LogP contribution in [0.4, 0.5) is 15.8 Å². The van der Waals surface area contributed by atoms with Gasteiger partial charge in [0.15, 0.2) is 0 Å². The minimum Gasteiger partial charge on any atom is -0.396 e. The van der Waals surface area contributed by atoms with Crippen molar-refractivity contribution in [2.75, 3.05) is 16.8 Å². The summed E-state index contributed by atoms with van der Waals surface area (Å²) in [5.74, 6) is -0.464. The molecule has 2 aromatic carbocycles. The summed E-state index contributed by atoms with van der Waals surface area (Å²) in [4.78, 5) is 12.4. The van der Waals surface area contributed by atoms with Gasteiger partial charge in [-0.1, -0.05) is 11.6 Å². The maximum absolute atomic E-state index is 13.2. The fourth-order valence-electron chi connectivity index (χ4n) is 1.48. The highest BCUT2D eigenvalue weighted by atomic mass is 35.5. The fraction of sp³-hybridized carbons (Fsp3) is 0.0714. The third-order valence-electron chi connectivity index (χ3n) is 2.47. The number of amides is 1. The Morgan fingerprint density at radius 3 is 2.60 bits per heavy atom. The van der Waals surface area contributed by atoms with Gasteiger partial charge >= 0.3 is 0 Å². The van der Waals surface area contributed by atoms with Crippen LogP contribution in [0.15, 0.2) is 47.4 Å². The number of anilines is 2. The third kappa shape index (κ3) is 4.15. The molecule has 0 spiro atoms. The molecule has 0 atom stereocenters. The molecule has 20 heavy (non-hydrogen) atoms. The molecular weight excluding hydrogens is 299 g/mol. The SMILES string of the molecule is Nc1ccc(SCC(=O)Nc2ccc(Cl)cc2)cc1F. The number of halogens is 2. The molecular formula is C14H12ClFN2OS. The first-order chi connectivity index (χ1) is 9.54. The van der Waals surface area contributed by atoms with Crippen LogP contribution in [0.1, 0.15) is 0 Å². The smallest absolute Gasteiger partial charge is 0.234 e. The minimum atomic E-state index is -0.479. The molecule has 3 N–H and O–H groups in total. The fourth-order valence-corrected chi connectivity index (χ4v) is 2.32. The van der Waals surface area contributed by atoms with E-state index in [0.717, 1.165) is 0 Å². The first-order valence-corrected chi connectivity index (χ1v) is 7.14. The highest BCUT2D eigenvalue weighted by Gasteiger charge is 2.05. The lowest BCUT2D eigenvalue weighted by Crippen LogP contribution is -2.13. The summed E-state index contributed by atoms with van der Waals surface area (Å²) >= 11 is 6.99. The number of benzene rings is 2. The van der Waals surface area contributed by atoms with E-state index in [4.69, 9.17) is 17.3 Å². The maximum atomic E-state index is 13.2. The highest BCUT2D eigenvalue weighted by molar-refractivity contribution is 8.00. The van der Waals surface area contributed by atoms with Crippen molar-refractivity contribution in [3.05, 3.63) is 53.3 Å². The second-order valence-corrected chi connectivity index (χ2v) is 5.51. The van der Waals surface area contributed by atoms with Gasteiger partial charge in [0.1, 0.15) is 5.82 Å². The predicted molar refractivity (Wildman–Crippen MR) is 81.6 cm³/mol. The summed E-state index contributed by atoms with van der Waals surface area (Å²) in [6.45, 7) is 0. The second-order valence-electron chi connectivity index (χ2n) is 4.03. The van der Waals surface area contributed by atoms with Crippen LogP contribution in [0, 0.1) is 5.82 Å². The van der Waals surface area contributed by atoms with Crippen LogP contribution in [-0.2, 0) is 4.79 Å². The molecule has 0 fully saturated rings. The quantitative estimate of drug-likeness (QED) is 0.667. The summed E-state index contributed by atoms with van der Waals surface area (Å²) < 4.78 is 13.2. The number of nitrogens with two attached hydrogens (primary N) is 1. The summed E-state index contributed by atoms with van der Waals surface area (Å²) in [6, 6.07) is 11.3. The van der Waals surface area contributed by atoms with E-state index in [1.807, 2.05) is 0 Å². The Hall–Kier alpha value is -1.72. The molecule has 2 aromatic rings. The summed E-state index contributed by atoms with van der Waals surface area (Å²) in [6.07, 6.45) is 0. The summed E-state index contributed by atoms with van der Waals surface area (Å²) in [7, 11) is 0. The van der Waals surface area contributed by atoms with Crippen molar-refractivity contribution < 1.29 is 9.18 Å². The maximum Gasteiger partial charge on any atom is 0.234 e. The van der Waals surface area contributed by atoms with Crippen LogP contribution in [0.5, 0.6) is 0 Å². The van der Waals surface area contributed by atoms with Crippen molar-refractivity contribution in [1.82, 2.24) is 0 Å². The first kappa shape index (κ1) is 14.7. The Labute approximate surface area is 125 Å². The van der Waals surface area contributed by atoms with E-state index in [9.17, 15) is 9.18 Å². The molecule has 0 saturated heterocycles. The lowest BCUT2D eigenvalue weighted by Gasteiger charge is -2.06. The molecule has 0 unspecified atom stereocenters. The normalized spacial score (nSPS) is 10.3. The van der Waals surface area contributed by atoms with Crippen molar-refractivity contribution in [1.29, 1.82) is 0 Å². The van der Waals surface area contributed by atoms with Gasteiger partial charge in [0.25, 0.3) is 0 Å². The largest absolute Gasteiger partial charge is 0.396 e. The molecule has 0 aromatic heterocycles. The Bertz CT molecular complexity index is 619. The van der Waals surface area contributed by atoms with Gasteiger partial charge in [-0.05, 0) is 42.5 Å². The van der Waals surface area contributed by atoms with E-state index in [1.54, 1.807) is 30.3 Å². The molecule has 6 heteroatoms. The van der Waals surface area contributed by atoms with E-state index in [0.29, 0.717) is 15.6 Å². The number of carbonyl (C=O) groups excluding carboxylic acids is 1. The molecule has 1 amide bonds. The Morgan fingerprint density at radius 1 is 1.25 bits per heavy atom. The molecule has 0 aliphatic heterocycles. The number of thioether (sulfide) groups is 1. The second kappa shape index (κ2) is 6.63. The molecule has 0 saturated carbocycles. The number of hydrogen-bond donors (Lipinski definition) is 2. The zero-order valence-corrected chi connectivity index (χ0v) is 12.0. The van der Waals surface area contributed by atoms with E-state index in [2.05, 4.69) is 5.32 Å². The Balaban J connectivity index is 1.88. The molecule has 0 aliphatic carbocycles. The van der Waals surface area contributed by atoms with Crippen LogP contribution in [0.25, 0.3) is 0 Å². The van der Waals surface area contributed by atoms with Gasteiger partial charge in [0.2, 0.25) is 5.91 Å². The van der Waals surface area contributed by atoms with E-state index in [-0.39, 0.29) is 17.3 Å². The molecule has 0 heterocycles. The average Bonchev–Trinajstić information content (AvgIpc) is 2.43. The van der Waals surface area contributed by atoms with Crippen LogP contribution < -0.4 is 11.1 Å². The predicted octanol–water partition coefficient (Wildman–Crippen LogP) is 3.79. The summed E-state index contributed by atoms with van der Waals surface area (Å²) in [5, 5.41) is 3.33. The van der Waals surface area contributed by atoms with Crippen molar-refractivity contribution in [3.63, 3.8) is 0 Å². The summed E-state index contributed by atoms with van der Waals surface area (Å²) in [5.41, 5.74) is 6.15. The Morgan fingerprint density at radius 2 is 1.95 bits per heavy atom. The van der Waals surface area contributed by atoms with Crippen LogP contribution >= 0.6 is 23.4 Å². The van der Waals surface area contributed by atoms with Gasteiger partial charge < -0.3 is 11.1 Å². The van der Waals surface area contributed by atoms with Crippen molar-refractivity contribution in [3.8, 4) is 0 Å². The lowest BCUT2D eigenvalue weighted by atomic mass is 10.3. The number of hydrogen-bond acceptors (Lipinski definition) is 3. The van der Waals surface area contributed by atoms with Crippen molar-refractivity contribution >= 4 is 40.6 Å². The highest BCUT2D eigenvalue weighted by Crippen LogP contribution is 2.22. The standard InChI is InChI=1S/C14H12ClFN2OS/c15-9-1-3-10(4-2-9)18-14(19)8-20-11-5-6-13(17)12(16)7-11/h1-7H,8,17H2,(H,18,19). The van der Waals surface area contributed by atoms with Crippen LogP contribution in [0.3, 0.4) is 0 Å². The van der Waals surface area contributed by atoms with Gasteiger partial charge in [0, 0.05) is 15.6 Å². The van der Waals surface area contributed by atoms with Crippen molar-refractivity contribution in [2.24, 2.45) is 0 Å². The zero-order valence-electron chi connectivity index (χ0n) is 10.4. The van der Waals surface area contributed by atoms with Gasteiger partial charge in [-0.3, -0.25) is 4.79 Å². The number of carbonyl (C=O) groups is 1. The molecule has 0 bridgehead atoms. The van der Waals surface area contributed by atoms with Gasteiger partial charge in [-0.15, -0.1) is 11.8 Å². The van der Waals surface area contributed by atoms with Gasteiger partial charge in [-0.2, -0.15) is 0 Å². The molecule has 2 rings (SSSR count). The topological polar surface area (TPSA) is 55.1 Å². The van der Waals surface area contributed by atoms with Crippen LogP contribution in [0.2, 0.25) is 5.02 Å². The van der Waals surface area contributed by atoms with E-state index in [1.165, 1.54) is 23.9 Å². The lowest BCUT2D eigenvalue weighted by molar-refractivity contribution is -0.113. The molecule has 3 nitrogen and oxygen atoms in total. The number of nitrogens with one attached hydrogen (secondary N) is 1. The van der Waals surface area contributed by atoms with Crippen LogP contribution in [-0.4, -0.2) is 11.7 Å². The van der Waals surface area contributed by atoms with Crippen molar-refractivity contribution in [2.45, 2.75) is 4.90 Å². The van der Waals surface area contributed by atoms with E-state index >= 15 is 0 Å². The average molecular weight is 311 g/mol. The minimum absolute atomic E-state index is 0.0972. The molecule has 0 radical (unpaired) electrons. The van der Waals surface area contributed by atoms with Gasteiger partial charge in [-0.25, -0.2) is 4.39 Å². The number of rotatable bonds is 4. The monoisotopic (exact) mass is 310 g/mol. The zero-order chi connectivity index (χ0) is 14.5. The Kier molecular flexibility index (Phi) is 4.87. The molecule has 104 valence electrons. The van der Waals surface area contributed by atoms with E-state index < -0.39 is 5.82 Å². The first-order valence-electron chi connectivity index (χ1n) is 5.78. The molecule has 0 aliphatic rings. The number of nitrogen functional groups attached to an aromatic ring is 1. The van der Waals surface area contributed by atoms with Gasteiger partial charge in [0.05, 0.1) is 11.4 Å².